The number of halogens is 3. The lowest BCUT2D eigenvalue weighted by Gasteiger charge is -2.12. The van der Waals surface area contributed by atoms with Gasteiger partial charge in [-0.2, -0.15) is 13.2 Å². The maximum absolute atomic E-state index is 13.2. The standard InChI is InChI=1S/C15H17F3N2O/c1-4-10-7-5-6-8-11(10)9-12-13(15(16,17)18)20(2)19-14(12)21-3/h5-8H,4,9H2,1-3H3. The molecule has 114 valence electrons. The highest BCUT2D eigenvalue weighted by Crippen LogP contribution is 2.37. The van der Waals surface area contributed by atoms with Gasteiger partial charge >= 0.3 is 6.18 Å². The number of hydrogen-bond donors (Lipinski definition) is 0. The van der Waals surface area contributed by atoms with E-state index in [1.807, 2.05) is 31.2 Å². The Labute approximate surface area is 121 Å². The first kappa shape index (κ1) is 15.4. The second-order valence-electron chi connectivity index (χ2n) is 4.76. The molecule has 2 aromatic rings. The minimum atomic E-state index is -4.46. The second kappa shape index (κ2) is 5.79. The summed E-state index contributed by atoms with van der Waals surface area (Å²) >= 11 is 0. The summed E-state index contributed by atoms with van der Waals surface area (Å²) in [6, 6.07) is 7.47. The molecule has 0 aliphatic carbocycles. The van der Waals surface area contributed by atoms with Gasteiger partial charge in [-0.25, -0.2) is 0 Å². The van der Waals surface area contributed by atoms with Gasteiger partial charge < -0.3 is 4.74 Å². The Hall–Kier alpha value is -1.98. The maximum Gasteiger partial charge on any atom is 0.433 e. The van der Waals surface area contributed by atoms with Gasteiger partial charge in [0.15, 0.2) is 0 Å². The predicted octanol–water partition coefficient (Wildman–Crippen LogP) is 3.60. The van der Waals surface area contributed by atoms with Crippen molar-refractivity contribution in [2.24, 2.45) is 7.05 Å². The van der Waals surface area contributed by atoms with E-state index in [2.05, 4.69) is 5.10 Å². The molecule has 1 heterocycles. The molecular weight excluding hydrogens is 281 g/mol. The largest absolute Gasteiger partial charge is 0.480 e. The quantitative estimate of drug-likeness (QED) is 0.862. The number of ether oxygens (including phenoxy) is 1. The molecule has 0 saturated carbocycles. The lowest BCUT2D eigenvalue weighted by molar-refractivity contribution is -0.144. The molecule has 1 aromatic heterocycles. The van der Waals surface area contributed by atoms with E-state index in [1.54, 1.807) is 0 Å². The van der Waals surface area contributed by atoms with Crippen molar-refractivity contribution in [3.05, 3.63) is 46.6 Å². The Morgan fingerprint density at radius 2 is 1.81 bits per heavy atom. The lowest BCUT2D eigenvalue weighted by atomic mass is 9.98. The number of hydrogen-bond acceptors (Lipinski definition) is 2. The molecule has 3 nitrogen and oxygen atoms in total. The Morgan fingerprint density at radius 1 is 1.19 bits per heavy atom. The van der Waals surface area contributed by atoms with E-state index in [0.717, 1.165) is 22.2 Å². The molecule has 2 rings (SSSR count). The average molecular weight is 298 g/mol. The fourth-order valence-electron chi connectivity index (χ4n) is 2.49. The fourth-order valence-corrected chi connectivity index (χ4v) is 2.49. The van der Waals surface area contributed by atoms with Crippen molar-refractivity contribution in [3.63, 3.8) is 0 Å². The van der Waals surface area contributed by atoms with Gasteiger partial charge in [0.25, 0.3) is 0 Å². The second-order valence-corrected chi connectivity index (χ2v) is 4.76. The van der Waals surface area contributed by atoms with E-state index in [-0.39, 0.29) is 17.9 Å². The van der Waals surface area contributed by atoms with Crippen LogP contribution in [0.5, 0.6) is 5.88 Å². The Balaban J connectivity index is 2.53. The van der Waals surface area contributed by atoms with Gasteiger partial charge in [-0.1, -0.05) is 31.2 Å². The Bertz CT molecular complexity index is 632. The summed E-state index contributed by atoms with van der Waals surface area (Å²) in [4.78, 5) is 0. The van der Waals surface area contributed by atoms with Crippen LogP contribution in [-0.2, 0) is 26.1 Å². The molecule has 0 fully saturated rings. The van der Waals surface area contributed by atoms with Crippen LogP contribution in [0.2, 0.25) is 0 Å². The van der Waals surface area contributed by atoms with E-state index >= 15 is 0 Å². The van der Waals surface area contributed by atoms with Crippen molar-refractivity contribution in [1.82, 2.24) is 9.78 Å². The normalized spacial score (nSPS) is 11.7. The summed E-state index contributed by atoms with van der Waals surface area (Å²) in [5, 5.41) is 3.82. The summed E-state index contributed by atoms with van der Waals surface area (Å²) < 4.78 is 45.5. The zero-order chi connectivity index (χ0) is 15.6. The Morgan fingerprint density at radius 3 is 2.33 bits per heavy atom. The van der Waals surface area contributed by atoms with Gasteiger partial charge in [0.2, 0.25) is 5.88 Å². The van der Waals surface area contributed by atoms with Crippen LogP contribution in [0.1, 0.15) is 29.3 Å². The van der Waals surface area contributed by atoms with Gasteiger partial charge in [0, 0.05) is 13.5 Å². The van der Waals surface area contributed by atoms with Crippen LogP contribution < -0.4 is 4.74 Å². The minimum Gasteiger partial charge on any atom is -0.480 e. The lowest BCUT2D eigenvalue weighted by Crippen LogP contribution is -2.14. The summed E-state index contributed by atoms with van der Waals surface area (Å²) in [6.07, 6.45) is -3.55. The SMILES string of the molecule is CCc1ccccc1Cc1c(OC)nn(C)c1C(F)(F)F. The molecule has 0 bridgehead atoms. The van der Waals surface area contributed by atoms with Gasteiger partial charge in [-0.05, 0) is 17.5 Å². The fraction of sp³-hybridized carbons (Fsp3) is 0.400. The molecule has 0 atom stereocenters. The third kappa shape index (κ3) is 3.04. The number of rotatable bonds is 4. The molecule has 0 aliphatic heterocycles. The van der Waals surface area contributed by atoms with E-state index in [1.165, 1.54) is 14.2 Å². The summed E-state index contributed by atoms with van der Waals surface area (Å²) in [7, 11) is 2.61. The first-order valence-electron chi connectivity index (χ1n) is 6.62. The molecule has 0 spiro atoms. The predicted molar refractivity (Wildman–Crippen MR) is 73.4 cm³/mol. The van der Waals surface area contributed by atoms with Crippen molar-refractivity contribution in [1.29, 1.82) is 0 Å². The highest BCUT2D eigenvalue weighted by molar-refractivity contribution is 5.40. The topological polar surface area (TPSA) is 27.1 Å². The molecule has 6 heteroatoms. The monoisotopic (exact) mass is 298 g/mol. The van der Waals surface area contributed by atoms with Crippen LogP contribution >= 0.6 is 0 Å². The van der Waals surface area contributed by atoms with E-state index in [0.29, 0.717) is 0 Å². The first-order valence-corrected chi connectivity index (χ1v) is 6.62. The van der Waals surface area contributed by atoms with Crippen LogP contribution in [-0.4, -0.2) is 16.9 Å². The van der Waals surface area contributed by atoms with Crippen LogP contribution in [0.25, 0.3) is 0 Å². The molecule has 0 aliphatic rings. The van der Waals surface area contributed by atoms with Crippen molar-refractivity contribution in [3.8, 4) is 5.88 Å². The summed E-state index contributed by atoms with van der Waals surface area (Å²) in [5.74, 6) is 0.0238. The first-order chi connectivity index (χ1) is 9.88. The highest BCUT2D eigenvalue weighted by atomic mass is 19.4. The van der Waals surface area contributed by atoms with E-state index in [9.17, 15) is 13.2 Å². The summed E-state index contributed by atoms with van der Waals surface area (Å²) in [5.41, 5.74) is 1.20. The number of aromatic nitrogens is 2. The third-order valence-corrected chi connectivity index (χ3v) is 3.44. The van der Waals surface area contributed by atoms with E-state index < -0.39 is 11.9 Å². The molecule has 1 aromatic carbocycles. The van der Waals surface area contributed by atoms with Crippen LogP contribution in [0.4, 0.5) is 13.2 Å². The smallest absolute Gasteiger partial charge is 0.433 e. The van der Waals surface area contributed by atoms with Gasteiger partial charge in [-0.3, -0.25) is 4.68 Å². The summed E-state index contributed by atoms with van der Waals surface area (Å²) in [6.45, 7) is 1.98. The van der Waals surface area contributed by atoms with Crippen molar-refractivity contribution in [2.75, 3.05) is 7.11 Å². The molecule has 0 amide bonds. The van der Waals surface area contributed by atoms with Crippen LogP contribution in [0.3, 0.4) is 0 Å². The van der Waals surface area contributed by atoms with Gasteiger partial charge in [-0.15, -0.1) is 5.10 Å². The molecular formula is C15H17F3N2O. The zero-order valence-corrected chi connectivity index (χ0v) is 12.2. The average Bonchev–Trinajstić information content (AvgIpc) is 2.75. The molecule has 0 radical (unpaired) electrons. The van der Waals surface area contributed by atoms with Gasteiger partial charge in [0.1, 0.15) is 5.69 Å². The third-order valence-electron chi connectivity index (χ3n) is 3.44. The zero-order valence-electron chi connectivity index (χ0n) is 12.2. The molecule has 0 unspecified atom stereocenters. The van der Waals surface area contributed by atoms with Crippen LogP contribution in [0, 0.1) is 0 Å². The van der Waals surface area contributed by atoms with Crippen LogP contribution in [0.15, 0.2) is 24.3 Å². The van der Waals surface area contributed by atoms with Gasteiger partial charge in [0.05, 0.1) is 12.7 Å². The number of nitrogens with zero attached hydrogens (tertiary/aromatic N) is 2. The van der Waals surface area contributed by atoms with Crippen molar-refractivity contribution < 1.29 is 17.9 Å². The molecule has 21 heavy (non-hydrogen) atoms. The van der Waals surface area contributed by atoms with Crippen molar-refractivity contribution >= 4 is 0 Å². The highest BCUT2D eigenvalue weighted by Gasteiger charge is 2.39. The minimum absolute atomic E-state index is 0.0238. The van der Waals surface area contributed by atoms with E-state index in [4.69, 9.17) is 4.74 Å². The number of methoxy groups -OCH3 is 1. The number of benzene rings is 1. The number of alkyl halides is 3. The molecule has 0 N–H and O–H groups in total. The maximum atomic E-state index is 13.2. The number of aryl methyl sites for hydroxylation is 2. The molecule has 0 saturated heterocycles. The Kier molecular flexibility index (Phi) is 4.25. The van der Waals surface area contributed by atoms with Crippen molar-refractivity contribution in [2.45, 2.75) is 25.9 Å².